The molecule has 0 heterocycles. The van der Waals surface area contributed by atoms with Crippen LogP contribution < -0.4 is 0 Å². The van der Waals surface area contributed by atoms with Crippen LogP contribution in [0.25, 0.3) is 0 Å². The SMILES string of the molecule is CCCCCc1ccc(CCC2CCc3c(cc(F)c(C4CCC(c5ccc(C#N)c(F)c5)CC4)c3F)C2)cc1. The maximum Gasteiger partial charge on any atom is 0.141 e. The molecule has 3 aromatic rings. The molecule has 2 aliphatic rings. The lowest BCUT2D eigenvalue weighted by atomic mass is 9.74. The van der Waals surface area contributed by atoms with Gasteiger partial charge in [0, 0.05) is 5.56 Å². The Morgan fingerprint density at radius 3 is 2.17 bits per heavy atom. The minimum absolute atomic E-state index is 0.0460. The van der Waals surface area contributed by atoms with Crippen molar-refractivity contribution in [1.29, 1.82) is 5.26 Å². The molecule has 0 N–H and O–H groups in total. The summed E-state index contributed by atoms with van der Waals surface area (Å²) in [4.78, 5) is 0. The molecule has 1 fully saturated rings. The number of benzene rings is 3. The summed E-state index contributed by atoms with van der Waals surface area (Å²) in [7, 11) is 0. The first-order valence-corrected chi connectivity index (χ1v) is 15.2. The molecular weight excluding hydrogens is 503 g/mol. The highest BCUT2D eigenvalue weighted by atomic mass is 19.1. The average Bonchev–Trinajstić information content (AvgIpc) is 2.97. The summed E-state index contributed by atoms with van der Waals surface area (Å²) in [5.74, 6) is -0.760. The van der Waals surface area contributed by atoms with E-state index >= 15 is 8.78 Å². The summed E-state index contributed by atoms with van der Waals surface area (Å²) < 4.78 is 45.3. The number of aryl methyl sites for hydroxylation is 2. The minimum atomic E-state index is -0.497. The monoisotopic (exact) mass is 543 g/mol. The summed E-state index contributed by atoms with van der Waals surface area (Å²) in [5.41, 5.74) is 5.50. The Labute approximate surface area is 237 Å². The van der Waals surface area contributed by atoms with Crippen LogP contribution in [0.5, 0.6) is 0 Å². The topological polar surface area (TPSA) is 23.8 Å². The third-order valence-corrected chi connectivity index (χ3v) is 9.41. The van der Waals surface area contributed by atoms with Gasteiger partial charge in [-0.25, -0.2) is 13.2 Å². The van der Waals surface area contributed by atoms with E-state index in [9.17, 15) is 4.39 Å². The van der Waals surface area contributed by atoms with Gasteiger partial charge in [0.15, 0.2) is 0 Å². The van der Waals surface area contributed by atoms with Gasteiger partial charge in [-0.3, -0.25) is 0 Å². The average molecular weight is 544 g/mol. The van der Waals surface area contributed by atoms with Crippen LogP contribution in [0.3, 0.4) is 0 Å². The molecule has 1 saturated carbocycles. The van der Waals surface area contributed by atoms with Crippen molar-refractivity contribution in [3.8, 4) is 6.07 Å². The molecule has 0 radical (unpaired) electrons. The highest BCUT2D eigenvalue weighted by Gasteiger charge is 2.31. The van der Waals surface area contributed by atoms with E-state index in [1.165, 1.54) is 42.5 Å². The molecule has 0 aromatic heterocycles. The van der Waals surface area contributed by atoms with E-state index < -0.39 is 11.6 Å². The van der Waals surface area contributed by atoms with Gasteiger partial charge in [0.1, 0.15) is 23.5 Å². The van der Waals surface area contributed by atoms with Crippen molar-refractivity contribution < 1.29 is 13.2 Å². The summed E-state index contributed by atoms with van der Waals surface area (Å²) in [6.45, 7) is 2.23. The molecule has 2 aliphatic carbocycles. The van der Waals surface area contributed by atoms with Crippen molar-refractivity contribution in [2.24, 2.45) is 5.92 Å². The van der Waals surface area contributed by atoms with E-state index in [1.54, 1.807) is 6.07 Å². The lowest BCUT2D eigenvalue weighted by Gasteiger charge is -2.32. The van der Waals surface area contributed by atoms with Gasteiger partial charge >= 0.3 is 0 Å². The molecular formula is C36H40F3N. The fraction of sp³-hybridized carbons (Fsp3) is 0.472. The zero-order chi connectivity index (χ0) is 28.1. The number of rotatable bonds is 9. The normalized spacial score (nSPS) is 20.6. The smallest absolute Gasteiger partial charge is 0.141 e. The molecule has 3 aromatic carbocycles. The van der Waals surface area contributed by atoms with E-state index in [4.69, 9.17) is 5.26 Å². The van der Waals surface area contributed by atoms with Crippen LogP contribution >= 0.6 is 0 Å². The zero-order valence-electron chi connectivity index (χ0n) is 23.6. The lowest BCUT2D eigenvalue weighted by Crippen LogP contribution is -2.20. The van der Waals surface area contributed by atoms with E-state index in [0.717, 1.165) is 61.6 Å². The molecule has 0 bridgehead atoms. The molecule has 0 saturated heterocycles. The van der Waals surface area contributed by atoms with Crippen molar-refractivity contribution in [3.05, 3.63) is 105 Å². The van der Waals surface area contributed by atoms with Gasteiger partial charge in [-0.05, 0) is 134 Å². The summed E-state index contributed by atoms with van der Waals surface area (Å²) in [6, 6.07) is 17.3. The van der Waals surface area contributed by atoms with Crippen molar-refractivity contribution in [2.75, 3.05) is 0 Å². The molecule has 1 unspecified atom stereocenters. The largest absolute Gasteiger partial charge is 0.207 e. The lowest BCUT2D eigenvalue weighted by molar-refractivity contribution is 0.369. The first-order valence-electron chi connectivity index (χ1n) is 15.2. The number of fused-ring (bicyclic) bond motifs is 1. The Morgan fingerprint density at radius 1 is 0.800 bits per heavy atom. The Morgan fingerprint density at radius 2 is 1.50 bits per heavy atom. The van der Waals surface area contributed by atoms with Crippen molar-refractivity contribution >= 4 is 0 Å². The van der Waals surface area contributed by atoms with Crippen LogP contribution in [0.2, 0.25) is 0 Å². The summed E-state index contributed by atoms with van der Waals surface area (Å²) >= 11 is 0. The van der Waals surface area contributed by atoms with Crippen LogP contribution in [0.1, 0.15) is 115 Å². The first kappa shape index (κ1) is 28.5. The highest BCUT2D eigenvalue weighted by molar-refractivity contribution is 5.40. The third-order valence-electron chi connectivity index (χ3n) is 9.41. The molecule has 0 spiro atoms. The van der Waals surface area contributed by atoms with Gasteiger partial charge in [0.2, 0.25) is 0 Å². The van der Waals surface area contributed by atoms with Gasteiger partial charge in [-0.1, -0.05) is 50.1 Å². The van der Waals surface area contributed by atoms with E-state index in [-0.39, 0.29) is 28.8 Å². The van der Waals surface area contributed by atoms with E-state index in [2.05, 4.69) is 31.2 Å². The molecule has 40 heavy (non-hydrogen) atoms. The Kier molecular flexibility index (Phi) is 9.30. The number of hydrogen-bond acceptors (Lipinski definition) is 1. The number of nitrogens with zero attached hydrogens (tertiary/aromatic N) is 1. The molecule has 210 valence electrons. The van der Waals surface area contributed by atoms with Crippen LogP contribution in [0, 0.1) is 34.7 Å². The van der Waals surface area contributed by atoms with Gasteiger partial charge < -0.3 is 0 Å². The van der Waals surface area contributed by atoms with Crippen molar-refractivity contribution in [2.45, 2.75) is 102 Å². The van der Waals surface area contributed by atoms with Crippen LogP contribution in [0.4, 0.5) is 13.2 Å². The second kappa shape index (κ2) is 13.1. The second-order valence-corrected chi connectivity index (χ2v) is 12.0. The van der Waals surface area contributed by atoms with E-state index in [0.29, 0.717) is 25.2 Å². The fourth-order valence-corrected chi connectivity index (χ4v) is 6.97. The standard InChI is InChI=1S/C36H40F3N/c1-2-3-4-5-24-6-8-25(9-7-24)10-11-26-12-19-32-31(20-26)22-34(38)35(36(32)39)28-15-13-27(14-16-28)29-17-18-30(23-40)33(37)21-29/h6-9,17-18,21-22,26-28H,2-5,10-16,19-20H2,1H3. The molecule has 4 heteroatoms. The Balaban J connectivity index is 1.18. The van der Waals surface area contributed by atoms with Crippen LogP contribution in [-0.4, -0.2) is 0 Å². The van der Waals surface area contributed by atoms with Gasteiger partial charge in [-0.15, -0.1) is 0 Å². The summed E-state index contributed by atoms with van der Waals surface area (Å²) in [6.07, 6.45) is 12.2. The third kappa shape index (κ3) is 6.46. The van der Waals surface area contributed by atoms with Gasteiger partial charge in [0.25, 0.3) is 0 Å². The first-order chi connectivity index (χ1) is 19.5. The highest BCUT2D eigenvalue weighted by Crippen LogP contribution is 2.44. The molecule has 1 nitrogen and oxygen atoms in total. The predicted molar refractivity (Wildman–Crippen MR) is 155 cm³/mol. The number of hydrogen-bond donors (Lipinski definition) is 0. The van der Waals surface area contributed by atoms with Crippen LogP contribution in [0.15, 0.2) is 48.5 Å². The second-order valence-electron chi connectivity index (χ2n) is 12.0. The minimum Gasteiger partial charge on any atom is -0.207 e. The maximum atomic E-state index is 15.8. The molecule has 5 rings (SSSR count). The van der Waals surface area contributed by atoms with E-state index in [1.807, 2.05) is 12.1 Å². The zero-order valence-corrected chi connectivity index (χ0v) is 23.6. The Hall–Kier alpha value is -3.06. The van der Waals surface area contributed by atoms with Crippen molar-refractivity contribution in [1.82, 2.24) is 0 Å². The van der Waals surface area contributed by atoms with Gasteiger partial charge in [0.05, 0.1) is 5.56 Å². The maximum absolute atomic E-state index is 15.8. The number of nitriles is 1. The molecule has 1 atom stereocenters. The molecule has 0 aliphatic heterocycles. The van der Waals surface area contributed by atoms with Crippen molar-refractivity contribution in [3.63, 3.8) is 0 Å². The number of halogens is 3. The predicted octanol–water partition coefficient (Wildman–Crippen LogP) is 9.89. The van der Waals surface area contributed by atoms with Crippen LogP contribution in [-0.2, 0) is 25.7 Å². The fourth-order valence-electron chi connectivity index (χ4n) is 6.97. The Bertz CT molecular complexity index is 1350. The quantitative estimate of drug-likeness (QED) is 0.246. The molecule has 0 amide bonds. The number of unbranched alkanes of at least 4 members (excludes halogenated alkanes) is 2. The van der Waals surface area contributed by atoms with Gasteiger partial charge in [-0.2, -0.15) is 5.26 Å². The summed E-state index contributed by atoms with van der Waals surface area (Å²) in [5, 5.41) is 8.98.